The summed E-state index contributed by atoms with van der Waals surface area (Å²) in [5.74, 6) is -0.950. The van der Waals surface area contributed by atoms with Gasteiger partial charge in [-0.3, -0.25) is 9.35 Å². The average molecular weight is 329 g/mol. The highest BCUT2D eigenvalue weighted by molar-refractivity contribution is 7.80. The van der Waals surface area contributed by atoms with Crippen molar-refractivity contribution in [3.63, 3.8) is 0 Å². The van der Waals surface area contributed by atoms with Gasteiger partial charge < -0.3 is 15.7 Å². The molecule has 1 saturated heterocycles. The van der Waals surface area contributed by atoms with E-state index in [1.807, 2.05) is 0 Å². The average Bonchev–Trinajstić information content (AvgIpc) is 2.65. The number of carbonyl (C=O) groups excluding carboxylic acids is 2. The quantitative estimate of drug-likeness (QED) is 0.629. The fourth-order valence-corrected chi connectivity index (χ4v) is 3.17. The van der Waals surface area contributed by atoms with Crippen LogP contribution in [0.3, 0.4) is 0 Å². The Balaban J connectivity index is 2.14. The highest BCUT2D eigenvalue weighted by atomic mass is 32.3. The molecule has 1 fully saturated rings. The van der Waals surface area contributed by atoms with E-state index in [-0.39, 0.29) is 12.3 Å². The first-order chi connectivity index (χ1) is 10.2. The summed E-state index contributed by atoms with van der Waals surface area (Å²) in [5.41, 5.74) is 5.99. The molecular formula is C11H11N3O7S. The number of benzene rings is 1. The smallest absolute Gasteiger partial charge is 0.418 e. The van der Waals surface area contributed by atoms with Crippen LogP contribution in [0.1, 0.15) is 23.2 Å². The van der Waals surface area contributed by atoms with E-state index in [9.17, 15) is 23.1 Å². The maximum Gasteiger partial charge on any atom is 0.418 e. The van der Waals surface area contributed by atoms with Crippen molar-refractivity contribution < 1.29 is 31.9 Å². The van der Waals surface area contributed by atoms with Crippen LogP contribution in [0.4, 0.5) is 4.79 Å². The molecular weight excluding hydrogens is 318 g/mol. The van der Waals surface area contributed by atoms with Crippen molar-refractivity contribution in [2.45, 2.75) is 12.1 Å². The molecule has 118 valence electrons. The van der Waals surface area contributed by atoms with Crippen LogP contribution in [0.15, 0.2) is 18.2 Å². The molecule has 2 bridgehead atoms. The lowest BCUT2D eigenvalue weighted by molar-refractivity contribution is -0.122. The van der Waals surface area contributed by atoms with Gasteiger partial charge in [0.05, 0.1) is 6.54 Å². The van der Waals surface area contributed by atoms with Crippen molar-refractivity contribution in [1.29, 1.82) is 0 Å². The molecule has 1 aromatic carbocycles. The van der Waals surface area contributed by atoms with Crippen molar-refractivity contribution >= 4 is 22.3 Å². The van der Waals surface area contributed by atoms with Crippen molar-refractivity contribution in [2.24, 2.45) is 5.73 Å². The zero-order valence-electron chi connectivity index (χ0n) is 10.9. The van der Waals surface area contributed by atoms with Crippen LogP contribution in [0.25, 0.3) is 0 Å². The van der Waals surface area contributed by atoms with E-state index in [1.54, 1.807) is 0 Å². The highest BCUT2D eigenvalue weighted by Gasteiger charge is 2.51. The predicted octanol–water partition coefficient (Wildman–Crippen LogP) is -0.555. The standard InChI is InChI=1S/C11H11N3O7S/c12-10(16)9-6-2-1-5(15)3-7(6)8-4-13(9)11(17)14(8)21-22(18,19)20/h1-3,8-9,15H,4H2,(H2,12,16)(H,18,19,20)/t8-,9+/m0/s1. The molecule has 0 spiro atoms. The monoisotopic (exact) mass is 329 g/mol. The molecule has 0 saturated carbocycles. The molecule has 0 aliphatic carbocycles. The zero-order valence-corrected chi connectivity index (χ0v) is 11.7. The summed E-state index contributed by atoms with van der Waals surface area (Å²) in [6.07, 6.45) is 0. The van der Waals surface area contributed by atoms with Gasteiger partial charge in [0, 0.05) is 0 Å². The normalized spacial score (nSPS) is 23.6. The minimum absolute atomic E-state index is 0.0710. The molecule has 2 aliphatic rings. The number of primary amides is 1. The van der Waals surface area contributed by atoms with E-state index in [4.69, 9.17) is 10.3 Å². The zero-order chi connectivity index (χ0) is 16.2. The fourth-order valence-electron chi connectivity index (χ4n) is 2.80. The van der Waals surface area contributed by atoms with Crippen molar-refractivity contribution in [1.82, 2.24) is 9.96 Å². The number of fused-ring (bicyclic) bond motifs is 4. The number of hydroxylamine groups is 2. The number of urea groups is 1. The molecule has 1 aromatic rings. The number of amides is 3. The Morgan fingerprint density at radius 2 is 2.05 bits per heavy atom. The van der Waals surface area contributed by atoms with Gasteiger partial charge in [0.2, 0.25) is 5.91 Å². The Hall–Kier alpha value is -2.37. The van der Waals surface area contributed by atoms with Gasteiger partial charge in [-0.05, 0) is 23.3 Å². The number of hydrogen-bond acceptors (Lipinski definition) is 6. The second-order valence-electron chi connectivity index (χ2n) is 4.90. The van der Waals surface area contributed by atoms with Crippen LogP contribution < -0.4 is 5.73 Å². The second-order valence-corrected chi connectivity index (χ2v) is 5.90. The van der Waals surface area contributed by atoms with Gasteiger partial charge in [0.1, 0.15) is 17.8 Å². The number of aromatic hydroxyl groups is 1. The molecule has 2 aliphatic heterocycles. The van der Waals surface area contributed by atoms with Gasteiger partial charge in [0.25, 0.3) is 0 Å². The molecule has 2 atom stereocenters. The van der Waals surface area contributed by atoms with Crippen molar-refractivity contribution in [3.8, 4) is 5.75 Å². The predicted molar refractivity (Wildman–Crippen MR) is 69.4 cm³/mol. The van der Waals surface area contributed by atoms with Crippen LogP contribution >= 0.6 is 0 Å². The first-order valence-corrected chi connectivity index (χ1v) is 7.44. The van der Waals surface area contributed by atoms with Gasteiger partial charge in [-0.15, -0.1) is 4.28 Å². The van der Waals surface area contributed by atoms with Gasteiger partial charge in [-0.2, -0.15) is 13.5 Å². The number of phenolic OH excluding ortho intramolecular Hbond substituents is 1. The minimum Gasteiger partial charge on any atom is -0.508 e. The van der Waals surface area contributed by atoms with E-state index in [0.717, 1.165) is 4.90 Å². The summed E-state index contributed by atoms with van der Waals surface area (Å²) >= 11 is 0. The minimum atomic E-state index is -4.93. The molecule has 0 unspecified atom stereocenters. The third-order valence-electron chi connectivity index (χ3n) is 3.57. The summed E-state index contributed by atoms with van der Waals surface area (Å²) in [6.45, 7) is -0.0710. The van der Waals surface area contributed by atoms with Gasteiger partial charge in [-0.25, -0.2) is 4.79 Å². The Morgan fingerprint density at radius 3 is 2.64 bits per heavy atom. The van der Waals surface area contributed by atoms with Crippen LogP contribution in [0, 0.1) is 0 Å². The third kappa shape index (κ3) is 2.15. The number of phenols is 1. The molecule has 4 N–H and O–H groups in total. The summed E-state index contributed by atoms with van der Waals surface area (Å²) in [5, 5.41) is 10.0. The number of rotatable bonds is 3. The van der Waals surface area contributed by atoms with Crippen molar-refractivity contribution in [2.75, 3.05) is 6.54 Å². The molecule has 2 heterocycles. The largest absolute Gasteiger partial charge is 0.508 e. The molecule has 3 rings (SSSR count). The summed E-state index contributed by atoms with van der Waals surface area (Å²) in [4.78, 5) is 24.9. The molecule has 22 heavy (non-hydrogen) atoms. The maximum atomic E-state index is 12.2. The maximum absolute atomic E-state index is 12.2. The van der Waals surface area contributed by atoms with Crippen LogP contribution in [-0.4, -0.2) is 46.5 Å². The highest BCUT2D eigenvalue weighted by Crippen LogP contribution is 2.44. The van der Waals surface area contributed by atoms with E-state index in [0.29, 0.717) is 16.2 Å². The van der Waals surface area contributed by atoms with E-state index >= 15 is 0 Å². The number of nitrogens with zero attached hydrogens (tertiary/aromatic N) is 2. The molecule has 3 amide bonds. The Morgan fingerprint density at radius 1 is 1.36 bits per heavy atom. The number of hydrogen-bond donors (Lipinski definition) is 3. The molecule has 10 nitrogen and oxygen atoms in total. The lowest BCUT2D eigenvalue weighted by Crippen LogP contribution is -2.41. The van der Waals surface area contributed by atoms with E-state index < -0.39 is 34.4 Å². The molecule has 0 aromatic heterocycles. The summed E-state index contributed by atoms with van der Waals surface area (Å²) in [7, 11) is -4.93. The fraction of sp³-hybridized carbons (Fsp3) is 0.273. The lowest BCUT2D eigenvalue weighted by atomic mass is 9.90. The third-order valence-corrected chi connectivity index (χ3v) is 3.92. The lowest BCUT2D eigenvalue weighted by Gasteiger charge is -2.30. The Kier molecular flexibility index (Phi) is 3.02. The van der Waals surface area contributed by atoms with E-state index in [2.05, 4.69) is 4.28 Å². The van der Waals surface area contributed by atoms with Crippen LogP contribution in [0.2, 0.25) is 0 Å². The van der Waals surface area contributed by atoms with Crippen molar-refractivity contribution in [3.05, 3.63) is 29.3 Å². The summed E-state index contributed by atoms with van der Waals surface area (Å²) in [6, 6.07) is 1.07. The first kappa shape index (κ1) is 14.6. The molecule has 11 heteroatoms. The number of nitrogens with two attached hydrogens (primary N) is 1. The van der Waals surface area contributed by atoms with Gasteiger partial charge >= 0.3 is 16.4 Å². The SMILES string of the molecule is NC(=O)[C@H]1c2ccc(O)cc2[C@@H]2CN1C(=O)N2OS(=O)(=O)O. The Bertz CT molecular complexity index is 778. The second kappa shape index (κ2) is 4.56. The van der Waals surface area contributed by atoms with E-state index in [1.165, 1.54) is 18.2 Å². The van der Waals surface area contributed by atoms with Crippen LogP contribution in [-0.2, 0) is 19.5 Å². The van der Waals surface area contributed by atoms with Gasteiger partial charge in [-0.1, -0.05) is 6.07 Å². The topological polar surface area (TPSA) is 150 Å². The van der Waals surface area contributed by atoms with Gasteiger partial charge in [0.15, 0.2) is 0 Å². The van der Waals surface area contributed by atoms with Crippen LogP contribution in [0.5, 0.6) is 5.75 Å². The Labute approximate surface area is 124 Å². The molecule has 0 radical (unpaired) electrons. The number of carbonyl (C=O) groups is 2. The first-order valence-electron chi connectivity index (χ1n) is 6.08. The summed E-state index contributed by atoms with van der Waals surface area (Å²) < 4.78 is 34.9.